The van der Waals surface area contributed by atoms with Crippen LogP contribution >= 0.6 is 31.9 Å². The van der Waals surface area contributed by atoms with Crippen LogP contribution in [0.2, 0.25) is 0 Å². The lowest BCUT2D eigenvalue weighted by atomic mass is 10.1. The van der Waals surface area contributed by atoms with Crippen LogP contribution in [0.1, 0.15) is 11.6 Å². The molecule has 70 valence electrons. The summed E-state index contributed by atoms with van der Waals surface area (Å²) in [6.45, 7) is 0. The molecule has 0 spiro atoms. The number of hydrogen-bond donors (Lipinski definition) is 2. The molecule has 1 heterocycles. The number of hydrogen-bond acceptors (Lipinski definition) is 3. The second-order valence-corrected chi connectivity index (χ2v) is 3.89. The molecule has 13 heavy (non-hydrogen) atoms. The van der Waals surface area contributed by atoms with E-state index in [0.717, 1.165) is 0 Å². The van der Waals surface area contributed by atoms with E-state index in [9.17, 15) is 4.79 Å². The normalized spacial score (nSPS) is 12.5. The van der Waals surface area contributed by atoms with Crippen molar-refractivity contribution in [2.75, 3.05) is 0 Å². The minimum atomic E-state index is -1.08. The highest BCUT2D eigenvalue weighted by Crippen LogP contribution is 2.22. The largest absolute Gasteiger partial charge is 0.480 e. The van der Waals surface area contributed by atoms with Crippen LogP contribution in [0.15, 0.2) is 21.3 Å². The highest BCUT2D eigenvalue weighted by atomic mass is 79.9. The second kappa shape index (κ2) is 4.17. The zero-order chi connectivity index (χ0) is 10.0. The summed E-state index contributed by atoms with van der Waals surface area (Å²) in [6, 6.07) is 2.21. The molecular weight excluding hydrogens is 304 g/mol. The Hall–Kier alpha value is -0.460. The Labute approximate surface area is 91.4 Å². The van der Waals surface area contributed by atoms with Crippen LogP contribution in [0.5, 0.6) is 0 Å². The Balaban J connectivity index is 3.08. The molecule has 6 heteroatoms. The third-order valence-electron chi connectivity index (χ3n) is 1.44. The zero-order valence-electron chi connectivity index (χ0n) is 6.37. The predicted octanol–water partition coefficient (Wildman–Crippen LogP) is 1.69. The Bertz CT molecular complexity index is 343. The lowest BCUT2D eigenvalue weighted by Crippen LogP contribution is -2.21. The third-order valence-corrected chi connectivity index (χ3v) is 2.52. The molecule has 3 N–H and O–H groups in total. The van der Waals surface area contributed by atoms with Crippen LogP contribution in [-0.4, -0.2) is 16.1 Å². The molecule has 1 aromatic heterocycles. The number of aliphatic carboxylic acids is 1. The van der Waals surface area contributed by atoms with Crippen LogP contribution in [-0.2, 0) is 4.79 Å². The average Bonchev–Trinajstić information content (AvgIpc) is 2.03. The standard InChI is InChI=1S/C7H6Br2N2O2/c8-4-2-1-3(6(9)11-4)5(10)7(12)13/h1-2,5H,10H2,(H,12,13). The van der Waals surface area contributed by atoms with Crippen molar-refractivity contribution in [2.45, 2.75) is 6.04 Å². The van der Waals surface area contributed by atoms with Gasteiger partial charge in [0.15, 0.2) is 0 Å². The molecule has 0 aliphatic rings. The fourth-order valence-corrected chi connectivity index (χ4v) is 1.91. The van der Waals surface area contributed by atoms with Gasteiger partial charge in [-0.05, 0) is 37.9 Å². The summed E-state index contributed by atoms with van der Waals surface area (Å²) >= 11 is 6.28. The smallest absolute Gasteiger partial charge is 0.325 e. The zero-order valence-corrected chi connectivity index (χ0v) is 9.54. The van der Waals surface area contributed by atoms with Crippen LogP contribution in [0.4, 0.5) is 0 Å². The van der Waals surface area contributed by atoms with Gasteiger partial charge in [0.1, 0.15) is 15.2 Å². The molecule has 0 bridgehead atoms. The van der Waals surface area contributed by atoms with Crippen molar-refractivity contribution in [1.82, 2.24) is 4.98 Å². The Morgan fingerprint density at radius 3 is 2.62 bits per heavy atom. The monoisotopic (exact) mass is 308 g/mol. The van der Waals surface area contributed by atoms with Gasteiger partial charge in [-0.1, -0.05) is 6.07 Å². The molecule has 0 aliphatic heterocycles. The van der Waals surface area contributed by atoms with Gasteiger partial charge < -0.3 is 10.8 Å². The highest BCUT2D eigenvalue weighted by molar-refractivity contribution is 9.11. The molecule has 1 atom stereocenters. The molecule has 1 rings (SSSR count). The summed E-state index contributed by atoms with van der Waals surface area (Å²) in [4.78, 5) is 14.5. The minimum Gasteiger partial charge on any atom is -0.480 e. The molecule has 4 nitrogen and oxygen atoms in total. The fraction of sp³-hybridized carbons (Fsp3) is 0.143. The summed E-state index contributed by atoms with van der Waals surface area (Å²) in [5.74, 6) is -1.08. The van der Waals surface area contributed by atoms with Gasteiger partial charge in [0, 0.05) is 5.56 Å². The Morgan fingerprint density at radius 1 is 1.54 bits per heavy atom. The number of carboxylic acids is 1. The van der Waals surface area contributed by atoms with Crippen molar-refractivity contribution in [3.8, 4) is 0 Å². The topological polar surface area (TPSA) is 76.2 Å². The SMILES string of the molecule is NC(C(=O)O)c1ccc(Br)nc1Br. The number of nitrogens with zero attached hydrogens (tertiary/aromatic N) is 1. The van der Waals surface area contributed by atoms with E-state index in [-0.39, 0.29) is 0 Å². The van der Waals surface area contributed by atoms with E-state index in [1.165, 1.54) is 0 Å². The van der Waals surface area contributed by atoms with Crippen molar-refractivity contribution < 1.29 is 9.90 Å². The quantitative estimate of drug-likeness (QED) is 0.815. The number of carbonyl (C=O) groups is 1. The van der Waals surface area contributed by atoms with Gasteiger partial charge in [-0.3, -0.25) is 4.79 Å². The maximum atomic E-state index is 10.6. The average molecular weight is 310 g/mol. The van der Waals surface area contributed by atoms with Gasteiger partial charge in [-0.2, -0.15) is 0 Å². The van der Waals surface area contributed by atoms with Crippen molar-refractivity contribution in [3.05, 3.63) is 26.9 Å². The van der Waals surface area contributed by atoms with Gasteiger partial charge in [-0.25, -0.2) is 4.98 Å². The first-order valence-electron chi connectivity index (χ1n) is 3.32. The summed E-state index contributed by atoms with van der Waals surface area (Å²) < 4.78 is 1.07. The molecule has 0 aromatic carbocycles. The molecule has 0 saturated carbocycles. The second-order valence-electron chi connectivity index (χ2n) is 2.33. The van der Waals surface area contributed by atoms with Gasteiger partial charge in [0.2, 0.25) is 0 Å². The van der Waals surface area contributed by atoms with E-state index in [0.29, 0.717) is 14.8 Å². The molecule has 0 fully saturated rings. The lowest BCUT2D eigenvalue weighted by Gasteiger charge is -2.07. The van der Waals surface area contributed by atoms with E-state index in [1.807, 2.05) is 0 Å². The molecule has 0 aliphatic carbocycles. The van der Waals surface area contributed by atoms with E-state index in [1.54, 1.807) is 12.1 Å². The summed E-state index contributed by atoms with van der Waals surface area (Å²) in [7, 11) is 0. The van der Waals surface area contributed by atoms with E-state index < -0.39 is 12.0 Å². The third kappa shape index (κ3) is 2.49. The van der Waals surface area contributed by atoms with Crippen LogP contribution < -0.4 is 5.73 Å². The van der Waals surface area contributed by atoms with Gasteiger partial charge in [-0.15, -0.1) is 0 Å². The number of carboxylic acid groups (broad SMARTS) is 1. The molecule has 1 unspecified atom stereocenters. The van der Waals surface area contributed by atoms with E-state index in [4.69, 9.17) is 10.8 Å². The minimum absolute atomic E-state index is 0.441. The van der Waals surface area contributed by atoms with Crippen molar-refractivity contribution in [1.29, 1.82) is 0 Å². The maximum Gasteiger partial charge on any atom is 0.325 e. The molecular formula is C7H6Br2N2O2. The fourth-order valence-electron chi connectivity index (χ4n) is 0.788. The molecule has 0 saturated heterocycles. The Morgan fingerprint density at radius 2 is 2.15 bits per heavy atom. The lowest BCUT2D eigenvalue weighted by molar-refractivity contribution is -0.138. The van der Waals surface area contributed by atoms with Gasteiger partial charge in [0.25, 0.3) is 0 Å². The summed E-state index contributed by atoms with van der Waals surface area (Å²) in [6.07, 6.45) is 0. The van der Waals surface area contributed by atoms with Crippen molar-refractivity contribution in [3.63, 3.8) is 0 Å². The van der Waals surface area contributed by atoms with Crippen LogP contribution in [0, 0.1) is 0 Å². The van der Waals surface area contributed by atoms with Crippen LogP contribution in [0.25, 0.3) is 0 Å². The first-order valence-corrected chi connectivity index (χ1v) is 4.91. The summed E-state index contributed by atoms with van der Waals surface area (Å²) in [5, 5.41) is 8.64. The number of halogens is 2. The highest BCUT2D eigenvalue weighted by Gasteiger charge is 2.17. The van der Waals surface area contributed by atoms with Gasteiger partial charge >= 0.3 is 5.97 Å². The Kier molecular flexibility index (Phi) is 3.40. The van der Waals surface area contributed by atoms with E-state index >= 15 is 0 Å². The number of pyridine rings is 1. The van der Waals surface area contributed by atoms with Crippen molar-refractivity contribution in [2.24, 2.45) is 5.73 Å². The number of nitrogens with two attached hydrogens (primary N) is 1. The maximum absolute atomic E-state index is 10.6. The van der Waals surface area contributed by atoms with E-state index in [2.05, 4.69) is 36.8 Å². The first-order chi connectivity index (χ1) is 6.02. The van der Waals surface area contributed by atoms with Crippen molar-refractivity contribution >= 4 is 37.8 Å². The number of aromatic nitrogens is 1. The predicted molar refractivity (Wildman–Crippen MR) is 54.2 cm³/mol. The first kappa shape index (κ1) is 10.6. The molecule has 0 amide bonds. The molecule has 1 aromatic rings. The van der Waals surface area contributed by atoms with Crippen LogP contribution in [0.3, 0.4) is 0 Å². The van der Waals surface area contributed by atoms with Gasteiger partial charge in [0.05, 0.1) is 0 Å². The molecule has 0 radical (unpaired) electrons. The number of rotatable bonds is 2. The summed E-state index contributed by atoms with van der Waals surface area (Å²) in [5.41, 5.74) is 5.86.